The molecule has 18 heavy (non-hydrogen) atoms. The van der Waals surface area contributed by atoms with Crippen molar-refractivity contribution >= 4 is 0 Å². The van der Waals surface area contributed by atoms with Gasteiger partial charge in [-0.25, -0.2) is 0 Å². The zero-order valence-electron chi connectivity index (χ0n) is 12.1. The summed E-state index contributed by atoms with van der Waals surface area (Å²) in [6.45, 7) is 10.3. The van der Waals surface area contributed by atoms with Crippen LogP contribution in [0.15, 0.2) is 0 Å². The maximum absolute atomic E-state index is 5.75. The Balaban J connectivity index is 2.59. The van der Waals surface area contributed by atoms with E-state index in [1.807, 2.05) is 13.8 Å². The van der Waals surface area contributed by atoms with Gasteiger partial charge in [0.2, 0.25) is 0 Å². The van der Waals surface area contributed by atoms with Crippen LogP contribution in [-0.4, -0.2) is 45.3 Å². The maximum Gasteiger partial charge on any atom is 0.173 e. The highest BCUT2D eigenvalue weighted by molar-refractivity contribution is 4.81. The zero-order valence-corrected chi connectivity index (χ0v) is 12.1. The van der Waals surface area contributed by atoms with E-state index in [0.717, 1.165) is 32.6 Å². The highest BCUT2D eigenvalue weighted by Gasteiger charge is 2.31. The monoisotopic (exact) mass is 259 g/mol. The number of ether oxygens (including phenoxy) is 3. The van der Waals surface area contributed by atoms with Crippen LogP contribution < -0.4 is 5.32 Å². The standard InChI is InChI=1S/C14H29NO3/c1-4-9-15-13(12-8-7-10-16-11-12)14(17-5-2)18-6-3/h12-15H,4-11H2,1-3H3. The predicted octanol–water partition coefficient (Wildman–Crippen LogP) is 2.18. The zero-order chi connectivity index (χ0) is 13.2. The third kappa shape index (κ3) is 5.22. The lowest BCUT2D eigenvalue weighted by atomic mass is 9.93. The number of hydrogen-bond acceptors (Lipinski definition) is 4. The number of hydrogen-bond donors (Lipinski definition) is 1. The summed E-state index contributed by atoms with van der Waals surface area (Å²) < 4.78 is 17.1. The molecular formula is C14H29NO3. The van der Waals surface area contributed by atoms with E-state index in [9.17, 15) is 0 Å². The van der Waals surface area contributed by atoms with Crippen molar-refractivity contribution < 1.29 is 14.2 Å². The third-order valence-electron chi connectivity index (χ3n) is 3.29. The molecule has 2 atom stereocenters. The van der Waals surface area contributed by atoms with Crippen molar-refractivity contribution in [2.45, 2.75) is 52.4 Å². The van der Waals surface area contributed by atoms with E-state index < -0.39 is 0 Å². The summed E-state index contributed by atoms with van der Waals surface area (Å²) in [7, 11) is 0. The van der Waals surface area contributed by atoms with Gasteiger partial charge in [-0.2, -0.15) is 0 Å². The van der Waals surface area contributed by atoms with E-state index in [1.165, 1.54) is 6.42 Å². The van der Waals surface area contributed by atoms with Crippen molar-refractivity contribution in [3.63, 3.8) is 0 Å². The highest BCUT2D eigenvalue weighted by Crippen LogP contribution is 2.21. The molecule has 0 aromatic carbocycles. The number of rotatable bonds is 9. The molecule has 1 aliphatic rings. The Hall–Kier alpha value is -0.160. The van der Waals surface area contributed by atoms with Crippen molar-refractivity contribution in [2.75, 3.05) is 33.0 Å². The quantitative estimate of drug-likeness (QED) is 0.644. The summed E-state index contributed by atoms with van der Waals surface area (Å²) in [6.07, 6.45) is 3.30. The van der Waals surface area contributed by atoms with E-state index in [1.54, 1.807) is 0 Å². The lowest BCUT2D eigenvalue weighted by molar-refractivity contribution is -0.169. The van der Waals surface area contributed by atoms with Crippen LogP contribution >= 0.6 is 0 Å². The molecule has 1 N–H and O–H groups in total. The maximum atomic E-state index is 5.75. The largest absolute Gasteiger partial charge is 0.381 e. The van der Waals surface area contributed by atoms with Crippen molar-refractivity contribution in [1.29, 1.82) is 0 Å². The Morgan fingerprint density at radius 1 is 1.22 bits per heavy atom. The Kier molecular flexibility index (Phi) is 8.59. The fourth-order valence-corrected chi connectivity index (χ4v) is 2.43. The van der Waals surface area contributed by atoms with Crippen LogP contribution in [0.5, 0.6) is 0 Å². The fourth-order valence-electron chi connectivity index (χ4n) is 2.43. The van der Waals surface area contributed by atoms with Crippen molar-refractivity contribution in [3.8, 4) is 0 Å². The minimum absolute atomic E-state index is 0.154. The molecular weight excluding hydrogens is 230 g/mol. The second kappa shape index (κ2) is 9.73. The molecule has 1 saturated heterocycles. The molecule has 108 valence electrons. The molecule has 0 spiro atoms. The SMILES string of the molecule is CCCNC(C1CCCOC1)C(OCC)OCC. The molecule has 1 aliphatic heterocycles. The summed E-state index contributed by atoms with van der Waals surface area (Å²) in [6, 6.07) is 0.241. The van der Waals surface area contributed by atoms with E-state index in [2.05, 4.69) is 12.2 Å². The molecule has 1 fully saturated rings. The van der Waals surface area contributed by atoms with Crippen LogP contribution in [0, 0.1) is 5.92 Å². The molecule has 1 rings (SSSR count). The van der Waals surface area contributed by atoms with Crippen molar-refractivity contribution in [1.82, 2.24) is 5.32 Å². The minimum atomic E-state index is -0.154. The van der Waals surface area contributed by atoms with Crippen LogP contribution in [0.4, 0.5) is 0 Å². The molecule has 4 heteroatoms. The molecule has 0 bridgehead atoms. The average molecular weight is 259 g/mol. The first-order valence-corrected chi connectivity index (χ1v) is 7.37. The van der Waals surface area contributed by atoms with Gasteiger partial charge in [0.05, 0.1) is 12.6 Å². The van der Waals surface area contributed by atoms with Gasteiger partial charge in [-0.1, -0.05) is 6.92 Å². The summed E-state index contributed by atoms with van der Waals surface area (Å²) in [5, 5.41) is 3.58. The average Bonchev–Trinajstić information content (AvgIpc) is 2.41. The van der Waals surface area contributed by atoms with Gasteiger partial charge >= 0.3 is 0 Å². The molecule has 0 aromatic rings. The lowest BCUT2D eigenvalue weighted by Gasteiger charge is -2.35. The molecule has 2 unspecified atom stereocenters. The lowest BCUT2D eigenvalue weighted by Crippen LogP contribution is -2.50. The van der Waals surface area contributed by atoms with Crippen LogP contribution in [0.2, 0.25) is 0 Å². The molecule has 0 radical (unpaired) electrons. The predicted molar refractivity (Wildman–Crippen MR) is 72.7 cm³/mol. The van der Waals surface area contributed by atoms with Gasteiger partial charge in [-0.15, -0.1) is 0 Å². The van der Waals surface area contributed by atoms with E-state index in [-0.39, 0.29) is 12.3 Å². The third-order valence-corrected chi connectivity index (χ3v) is 3.29. The van der Waals surface area contributed by atoms with Crippen LogP contribution in [0.1, 0.15) is 40.0 Å². The topological polar surface area (TPSA) is 39.7 Å². The Labute approximate surface area is 111 Å². The van der Waals surface area contributed by atoms with Gasteiger partial charge in [-0.05, 0) is 39.7 Å². The van der Waals surface area contributed by atoms with E-state index in [4.69, 9.17) is 14.2 Å². The first-order chi connectivity index (χ1) is 8.83. The molecule has 4 nitrogen and oxygen atoms in total. The molecule has 0 aliphatic carbocycles. The smallest absolute Gasteiger partial charge is 0.173 e. The molecule has 0 aromatic heterocycles. The summed E-state index contributed by atoms with van der Waals surface area (Å²) >= 11 is 0. The van der Waals surface area contributed by atoms with Gasteiger partial charge < -0.3 is 19.5 Å². The summed E-state index contributed by atoms with van der Waals surface area (Å²) in [5.74, 6) is 0.494. The Morgan fingerprint density at radius 3 is 2.44 bits per heavy atom. The van der Waals surface area contributed by atoms with Crippen molar-refractivity contribution in [2.24, 2.45) is 5.92 Å². The van der Waals surface area contributed by atoms with Gasteiger partial charge in [0, 0.05) is 25.7 Å². The first kappa shape index (κ1) is 15.9. The number of nitrogens with one attached hydrogen (secondary N) is 1. The van der Waals surface area contributed by atoms with Gasteiger partial charge in [-0.3, -0.25) is 0 Å². The first-order valence-electron chi connectivity index (χ1n) is 7.37. The van der Waals surface area contributed by atoms with Crippen LogP contribution in [0.25, 0.3) is 0 Å². The molecule has 0 saturated carbocycles. The fraction of sp³-hybridized carbons (Fsp3) is 1.00. The van der Waals surface area contributed by atoms with Gasteiger partial charge in [0.1, 0.15) is 0 Å². The molecule has 0 amide bonds. The Morgan fingerprint density at radius 2 is 1.94 bits per heavy atom. The highest BCUT2D eigenvalue weighted by atomic mass is 16.7. The van der Waals surface area contributed by atoms with Crippen LogP contribution in [-0.2, 0) is 14.2 Å². The van der Waals surface area contributed by atoms with Gasteiger partial charge in [0.15, 0.2) is 6.29 Å². The van der Waals surface area contributed by atoms with Gasteiger partial charge in [0.25, 0.3) is 0 Å². The second-order valence-corrected chi connectivity index (χ2v) is 4.74. The summed E-state index contributed by atoms with van der Waals surface area (Å²) in [5.41, 5.74) is 0. The Bertz CT molecular complexity index is 189. The van der Waals surface area contributed by atoms with E-state index in [0.29, 0.717) is 19.1 Å². The summed E-state index contributed by atoms with van der Waals surface area (Å²) in [4.78, 5) is 0. The van der Waals surface area contributed by atoms with E-state index >= 15 is 0 Å². The minimum Gasteiger partial charge on any atom is -0.381 e. The normalized spacial score (nSPS) is 22.3. The van der Waals surface area contributed by atoms with Crippen LogP contribution in [0.3, 0.4) is 0 Å². The molecule has 1 heterocycles. The second-order valence-electron chi connectivity index (χ2n) is 4.74. The van der Waals surface area contributed by atoms with Crippen molar-refractivity contribution in [3.05, 3.63) is 0 Å².